The molecule has 0 bridgehead atoms. The molecule has 0 amide bonds. The van der Waals surface area contributed by atoms with Crippen molar-refractivity contribution in [3.8, 4) is 0 Å². The predicted octanol–water partition coefficient (Wildman–Crippen LogP) is -4.28. The van der Waals surface area contributed by atoms with Gasteiger partial charge in [-0.05, 0) is 6.92 Å². The van der Waals surface area contributed by atoms with Crippen molar-refractivity contribution in [3.63, 3.8) is 0 Å². The Morgan fingerprint density at radius 1 is 0.870 bits per heavy atom. The molecule has 2 aliphatic rings. The summed E-state index contributed by atoms with van der Waals surface area (Å²) >= 11 is 0. The van der Waals surface area contributed by atoms with E-state index in [1.54, 1.807) is 0 Å². The smallest absolute Gasteiger partial charge is 0.335 e. The average Bonchev–Trinajstić information content (AvgIpc) is 2.48. The molecule has 2 heterocycles. The average molecular weight is 340 g/mol. The first-order chi connectivity index (χ1) is 10.6. The SMILES string of the molecule is C[C@H]1O[C@@H](O)[C@@H](O[C@@H]2O[C@H](C(=O)O)[C@@H](O)[C@H](O)[C@@H]2O)[C@H](O)[C@H]1O. The van der Waals surface area contributed by atoms with Crippen molar-refractivity contribution in [2.45, 2.75) is 68.3 Å². The van der Waals surface area contributed by atoms with Crippen LogP contribution in [0.4, 0.5) is 0 Å². The van der Waals surface area contributed by atoms with Crippen LogP contribution in [0.2, 0.25) is 0 Å². The van der Waals surface area contributed by atoms with Crippen molar-refractivity contribution in [1.29, 1.82) is 0 Å². The molecule has 2 aliphatic heterocycles. The molecule has 2 fully saturated rings. The van der Waals surface area contributed by atoms with E-state index in [4.69, 9.17) is 19.3 Å². The number of ether oxygens (including phenoxy) is 3. The fourth-order valence-corrected chi connectivity index (χ4v) is 2.49. The molecule has 2 rings (SSSR count). The molecule has 0 spiro atoms. The number of rotatable bonds is 3. The van der Waals surface area contributed by atoms with Crippen LogP contribution in [0.25, 0.3) is 0 Å². The van der Waals surface area contributed by atoms with Gasteiger partial charge in [0.2, 0.25) is 0 Å². The van der Waals surface area contributed by atoms with Crippen molar-refractivity contribution in [2.24, 2.45) is 0 Å². The second-order valence-corrected chi connectivity index (χ2v) is 5.55. The lowest BCUT2D eigenvalue weighted by atomic mass is 9.97. The molecular weight excluding hydrogens is 320 g/mol. The van der Waals surface area contributed by atoms with Gasteiger partial charge >= 0.3 is 5.97 Å². The van der Waals surface area contributed by atoms with Gasteiger partial charge in [0.25, 0.3) is 0 Å². The number of aliphatic hydroxyl groups excluding tert-OH is 6. The van der Waals surface area contributed by atoms with Gasteiger partial charge in [-0.2, -0.15) is 0 Å². The zero-order valence-electron chi connectivity index (χ0n) is 12.0. The highest BCUT2D eigenvalue weighted by Gasteiger charge is 2.51. The Balaban J connectivity index is 2.12. The van der Waals surface area contributed by atoms with E-state index in [0.717, 1.165) is 0 Å². The maximum atomic E-state index is 11.0. The molecule has 11 heteroatoms. The molecule has 23 heavy (non-hydrogen) atoms. The zero-order chi connectivity index (χ0) is 17.5. The standard InChI is InChI=1S/C12H20O11/c1-2-3(13)5(15)9(11(20)21-2)23-12-7(17)4(14)6(16)8(22-12)10(18)19/h2-9,11-17,20H,1H3,(H,18,19)/t2-,3+,4+,5-,6+,7+,8+,9+,11-,12+/m1/s1. The van der Waals surface area contributed by atoms with Crippen LogP contribution in [-0.2, 0) is 19.0 Å². The minimum Gasteiger partial charge on any atom is -0.479 e. The van der Waals surface area contributed by atoms with Crippen molar-refractivity contribution in [3.05, 3.63) is 0 Å². The number of aliphatic carboxylic acids is 1. The zero-order valence-corrected chi connectivity index (χ0v) is 12.0. The number of aliphatic hydroxyl groups is 6. The van der Waals surface area contributed by atoms with Crippen LogP contribution >= 0.6 is 0 Å². The fourth-order valence-electron chi connectivity index (χ4n) is 2.49. The third-order valence-electron chi connectivity index (χ3n) is 3.91. The van der Waals surface area contributed by atoms with E-state index in [-0.39, 0.29) is 0 Å². The van der Waals surface area contributed by atoms with Crippen LogP contribution in [0.5, 0.6) is 0 Å². The van der Waals surface area contributed by atoms with E-state index in [1.165, 1.54) is 6.92 Å². The number of carboxylic acid groups (broad SMARTS) is 1. The molecule has 0 unspecified atom stereocenters. The highest BCUT2D eigenvalue weighted by atomic mass is 16.7. The summed E-state index contributed by atoms with van der Waals surface area (Å²) in [6.45, 7) is 1.40. The summed E-state index contributed by atoms with van der Waals surface area (Å²) in [6, 6.07) is 0. The van der Waals surface area contributed by atoms with Crippen LogP contribution in [0.15, 0.2) is 0 Å². The van der Waals surface area contributed by atoms with Crippen molar-refractivity contribution < 1.29 is 54.8 Å². The third kappa shape index (κ3) is 3.47. The van der Waals surface area contributed by atoms with Gasteiger partial charge in [0, 0.05) is 0 Å². The molecular formula is C12H20O11. The molecule has 7 N–H and O–H groups in total. The minimum atomic E-state index is -1.90. The fraction of sp³-hybridized carbons (Fsp3) is 0.917. The molecule has 0 aromatic heterocycles. The molecule has 11 nitrogen and oxygen atoms in total. The van der Waals surface area contributed by atoms with Crippen LogP contribution in [0, 0.1) is 0 Å². The highest BCUT2D eigenvalue weighted by molar-refractivity contribution is 5.73. The second-order valence-electron chi connectivity index (χ2n) is 5.55. The Morgan fingerprint density at radius 3 is 2.04 bits per heavy atom. The molecule has 0 aromatic carbocycles. The predicted molar refractivity (Wildman–Crippen MR) is 67.8 cm³/mol. The largest absolute Gasteiger partial charge is 0.479 e. The molecule has 0 saturated carbocycles. The van der Waals surface area contributed by atoms with Gasteiger partial charge in [-0.15, -0.1) is 0 Å². The molecule has 0 aliphatic carbocycles. The van der Waals surface area contributed by atoms with E-state index in [2.05, 4.69) is 0 Å². The number of hydrogen-bond acceptors (Lipinski definition) is 10. The maximum absolute atomic E-state index is 11.0. The molecule has 134 valence electrons. The van der Waals surface area contributed by atoms with Crippen molar-refractivity contribution >= 4 is 5.97 Å². The number of hydrogen-bond donors (Lipinski definition) is 7. The maximum Gasteiger partial charge on any atom is 0.335 e. The summed E-state index contributed by atoms with van der Waals surface area (Å²) in [5.41, 5.74) is 0. The molecule has 0 radical (unpaired) electrons. The third-order valence-corrected chi connectivity index (χ3v) is 3.91. The summed E-state index contributed by atoms with van der Waals surface area (Å²) in [4.78, 5) is 11.0. The Labute approximate surface area is 130 Å². The quantitative estimate of drug-likeness (QED) is 0.263. The van der Waals surface area contributed by atoms with Gasteiger partial charge in [0.1, 0.15) is 36.6 Å². The lowest BCUT2D eigenvalue weighted by Crippen LogP contribution is -2.64. The number of carbonyl (C=O) groups is 1. The normalized spacial score (nSPS) is 51.4. The lowest BCUT2D eigenvalue weighted by molar-refractivity contribution is -0.355. The molecule has 10 atom stereocenters. The van der Waals surface area contributed by atoms with E-state index in [9.17, 15) is 35.4 Å². The number of carboxylic acids is 1. The summed E-state index contributed by atoms with van der Waals surface area (Å²) in [5.74, 6) is -1.60. The van der Waals surface area contributed by atoms with Crippen molar-refractivity contribution in [2.75, 3.05) is 0 Å². The van der Waals surface area contributed by atoms with Crippen LogP contribution in [-0.4, -0.2) is 103 Å². The highest BCUT2D eigenvalue weighted by Crippen LogP contribution is 2.28. The van der Waals surface area contributed by atoms with E-state index < -0.39 is 67.4 Å². The van der Waals surface area contributed by atoms with E-state index in [1.807, 2.05) is 0 Å². The summed E-state index contributed by atoms with van der Waals surface area (Å²) in [5, 5.41) is 67.3. The first kappa shape index (κ1) is 18.4. The van der Waals surface area contributed by atoms with Crippen molar-refractivity contribution in [1.82, 2.24) is 0 Å². The van der Waals surface area contributed by atoms with E-state index >= 15 is 0 Å². The van der Waals surface area contributed by atoms with Gasteiger partial charge < -0.3 is 50.0 Å². The van der Waals surface area contributed by atoms with Gasteiger partial charge in [-0.1, -0.05) is 0 Å². The first-order valence-corrected chi connectivity index (χ1v) is 6.92. The van der Waals surface area contributed by atoms with Gasteiger partial charge in [0.05, 0.1) is 6.10 Å². The lowest BCUT2D eigenvalue weighted by Gasteiger charge is -2.44. The van der Waals surface area contributed by atoms with Crippen LogP contribution < -0.4 is 0 Å². The first-order valence-electron chi connectivity index (χ1n) is 6.92. The second kappa shape index (κ2) is 6.93. The Morgan fingerprint density at radius 2 is 1.48 bits per heavy atom. The van der Waals surface area contributed by atoms with Crippen LogP contribution in [0.3, 0.4) is 0 Å². The van der Waals surface area contributed by atoms with E-state index in [0.29, 0.717) is 0 Å². The molecule has 2 saturated heterocycles. The Kier molecular flexibility index (Phi) is 5.56. The topological polar surface area (TPSA) is 186 Å². The Bertz CT molecular complexity index is 431. The summed E-state index contributed by atoms with van der Waals surface area (Å²) < 4.78 is 14.9. The van der Waals surface area contributed by atoms with Gasteiger partial charge in [-0.3, -0.25) is 0 Å². The Hall–Kier alpha value is -0.890. The summed E-state index contributed by atoms with van der Waals surface area (Å²) in [6.07, 6.45) is -16.5. The molecule has 0 aromatic rings. The summed E-state index contributed by atoms with van der Waals surface area (Å²) in [7, 11) is 0. The van der Waals surface area contributed by atoms with Crippen LogP contribution in [0.1, 0.15) is 6.92 Å². The van der Waals surface area contributed by atoms with Gasteiger partial charge in [-0.25, -0.2) is 4.79 Å². The van der Waals surface area contributed by atoms with Gasteiger partial charge in [0.15, 0.2) is 18.7 Å². The monoisotopic (exact) mass is 340 g/mol. The minimum absolute atomic E-state index is 0.892.